The van der Waals surface area contributed by atoms with E-state index in [0.29, 0.717) is 10.3 Å². The summed E-state index contributed by atoms with van der Waals surface area (Å²) >= 11 is 12.8. The molecule has 0 radical (unpaired) electrons. The molecule has 2 aromatic carbocycles. The van der Waals surface area contributed by atoms with E-state index >= 15 is 0 Å². The molecule has 3 rings (SSSR count). The monoisotopic (exact) mass is 440 g/mol. The Bertz CT molecular complexity index is 824. The van der Waals surface area contributed by atoms with Crippen LogP contribution in [0, 0.1) is 0 Å². The van der Waals surface area contributed by atoms with Crippen molar-refractivity contribution in [1.82, 2.24) is 4.57 Å². The van der Waals surface area contributed by atoms with Crippen LogP contribution < -0.4 is 21.5 Å². The lowest BCUT2D eigenvalue weighted by Gasteiger charge is -2.05. The van der Waals surface area contributed by atoms with Gasteiger partial charge in [-0.3, -0.25) is 0 Å². The zero-order chi connectivity index (χ0) is 16.9. The fourth-order valence-corrected chi connectivity index (χ4v) is 3.58. The van der Waals surface area contributed by atoms with Gasteiger partial charge in [-0.15, -0.1) is 0 Å². The van der Waals surface area contributed by atoms with Crippen LogP contribution in [-0.2, 0) is 19.5 Å². The molecule has 0 aliphatic heterocycles. The molecule has 5 heteroatoms. The molecule has 0 fully saturated rings. The van der Waals surface area contributed by atoms with Crippen molar-refractivity contribution in [2.45, 2.75) is 45.7 Å². The van der Waals surface area contributed by atoms with Crippen LogP contribution in [-0.4, -0.2) is 4.57 Å². The summed E-state index contributed by atoms with van der Waals surface area (Å²) in [5.74, 6) is 0. The number of nitrogens with zero attached hydrogens (tertiary/aromatic N) is 2. The van der Waals surface area contributed by atoms with Gasteiger partial charge >= 0.3 is 0 Å². The lowest BCUT2D eigenvalue weighted by Crippen LogP contribution is -3.00. The fourth-order valence-electron chi connectivity index (χ4n) is 3.10. The summed E-state index contributed by atoms with van der Waals surface area (Å²) in [7, 11) is 0. The number of unbranched alkanes of at least 4 members (excludes halogenated alkanes) is 2. The third-order valence-corrected chi connectivity index (χ3v) is 5.35. The highest BCUT2D eigenvalue weighted by atomic mass is 79.9. The maximum Gasteiger partial charge on any atom is 0.255 e. The molecule has 0 N–H and O–H groups in total. The van der Waals surface area contributed by atoms with Crippen molar-refractivity contribution in [3.63, 3.8) is 0 Å². The maximum absolute atomic E-state index is 6.42. The number of hydrogen-bond acceptors (Lipinski definition) is 0. The summed E-state index contributed by atoms with van der Waals surface area (Å²) in [4.78, 5) is 0. The molecule has 0 spiro atoms. The van der Waals surface area contributed by atoms with Gasteiger partial charge < -0.3 is 17.0 Å². The van der Waals surface area contributed by atoms with Gasteiger partial charge in [0.1, 0.15) is 0 Å². The molecule has 1 heterocycles. The van der Waals surface area contributed by atoms with Crippen LogP contribution in [0.2, 0.25) is 10.3 Å². The molecule has 25 heavy (non-hydrogen) atoms. The average Bonchev–Trinajstić information content (AvgIpc) is 2.88. The van der Waals surface area contributed by atoms with Crippen LogP contribution in [0.1, 0.15) is 31.7 Å². The maximum atomic E-state index is 6.42. The molecule has 0 atom stereocenters. The molecule has 2 nitrogen and oxygen atoms in total. The Labute approximate surface area is 170 Å². The molecular formula is C20H23BrCl2N2. The minimum atomic E-state index is 0. The van der Waals surface area contributed by atoms with E-state index in [1.54, 1.807) is 0 Å². The van der Waals surface area contributed by atoms with E-state index in [4.69, 9.17) is 23.2 Å². The van der Waals surface area contributed by atoms with Crippen molar-refractivity contribution in [3.8, 4) is 0 Å². The summed E-state index contributed by atoms with van der Waals surface area (Å²) in [5.41, 5.74) is 1.34. The first-order valence-corrected chi connectivity index (χ1v) is 9.36. The minimum Gasteiger partial charge on any atom is -1.00 e. The van der Waals surface area contributed by atoms with Crippen LogP contribution >= 0.6 is 23.2 Å². The number of aromatic nitrogens is 2. The second-order valence-electron chi connectivity index (χ2n) is 6.18. The highest BCUT2D eigenvalue weighted by molar-refractivity contribution is 6.39. The predicted molar refractivity (Wildman–Crippen MR) is 102 cm³/mol. The highest BCUT2D eigenvalue weighted by Crippen LogP contribution is 2.22. The Kier molecular flexibility index (Phi) is 7.80. The Balaban J connectivity index is 0.00000225. The number of rotatable bonds is 7. The second kappa shape index (κ2) is 9.61. The van der Waals surface area contributed by atoms with Crippen LogP contribution in [0.25, 0.3) is 10.8 Å². The van der Waals surface area contributed by atoms with Gasteiger partial charge in [0.15, 0.2) is 0 Å². The van der Waals surface area contributed by atoms with Gasteiger partial charge in [0.2, 0.25) is 6.33 Å². The molecule has 0 saturated carbocycles. The van der Waals surface area contributed by atoms with Gasteiger partial charge in [0, 0.05) is 6.42 Å². The van der Waals surface area contributed by atoms with E-state index in [1.165, 1.54) is 29.2 Å². The van der Waals surface area contributed by atoms with E-state index < -0.39 is 0 Å². The lowest BCUT2D eigenvalue weighted by molar-refractivity contribution is -0.694. The first-order valence-electron chi connectivity index (χ1n) is 8.61. The number of aryl methyl sites for hydroxylation is 3. The predicted octanol–water partition coefficient (Wildman–Crippen LogP) is 2.67. The normalized spacial score (nSPS) is 10.8. The largest absolute Gasteiger partial charge is 1.00 e. The van der Waals surface area contributed by atoms with Crippen molar-refractivity contribution in [2.24, 2.45) is 0 Å². The van der Waals surface area contributed by atoms with Gasteiger partial charge in [-0.2, -0.15) is 0 Å². The van der Waals surface area contributed by atoms with Crippen molar-refractivity contribution in [3.05, 3.63) is 64.7 Å². The third-order valence-electron chi connectivity index (χ3n) is 4.46. The van der Waals surface area contributed by atoms with E-state index in [1.807, 2.05) is 6.33 Å². The van der Waals surface area contributed by atoms with Crippen molar-refractivity contribution in [1.29, 1.82) is 0 Å². The summed E-state index contributed by atoms with van der Waals surface area (Å²) < 4.78 is 4.11. The number of hydrogen-bond donors (Lipinski definition) is 0. The first kappa shape index (κ1) is 20.3. The zero-order valence-corrected chi connectivity index (χ0v) is 17.5. The van der Waals surface area contributed by atoms with Crippen molar-refractivity contribution in [2.75, 3.05) is 0 Å². The number of imidazole rings is 1. The standard InChI is InChI=1S/C20H23Cl2N2.BrH/c1-2-3-6-13-23-15-24(20(22)19(23)21)14-12-17-10-7-9-16-8-4-5-11-18(16)17;/h4-5,7-11,15H,2-3,6,12-14H2,1H3;1H/q+1;/p-1. The molecule has 0 aliphatic carbocycles. The number of benzene rings is 2. The molecule has 0 unspecified atom stereocenters. The number of fused-ring (bicyclic) bond motifs is 1. The van der Waals surface area contributed by atoms with Crippen LogP contribution in [0.3, 0.4) is 0 Å². The highest BCUT2D eigenvalue weighted by Gasteiger charge is 2.19. The topological polar surface area (TPSA) is 8.81 Å². The van der Waals surface area contributed by atoms with Crippen molar-refractivity contribution >= 4 is 34.0 Å². The van der Waals surface area contributed by atoms with E-state index in [9.17, 15) is 0 Å². The van der Waals surface area contributed by atoms with Gasteiger partial charge in [-0.1, -0.05) is 55.8 Å². The summed E-state index contributed by atoms with van der Waals surface area (Å²) in [5, 5.41) is 3.87. The molecule has 0 aliphatic rings. The van der Waals surface area contributed by atoms with Crippen LogP contribution in [0.5, 0.6) is 0 Å². The second-order valence-corrected chi connectivity index (χ2v) is 6.90. The quantitative estimate of drug-likeness (QED) is 0.393. The Hall–Kier alpha value is -1.03. The third kappa shape index (κ3) is 4.78. The minimum absolute atomic E-state index is 0. The summed E-state index contributed by atoms with van der Waals surface area (Å²) in [6.45, 7) is 3.95. The molecular weight excluding hydrogens is 419 g/mol. The van der Waals surface area contributed by atoms with E-state index in [0.717, 1.165) is 25.9 Å². The van der Waals surface area contributed by atoms with Crippen molar-refractivity contribution < 1.29 is 21.5 Å². The molecule has 0 bridgehead atoms. The first-order chi connectivity index (χ1) is 11.7. The Morgan fingerprint density at radius 2 is 1.76 bits per heavy atom. The molecule has 0 amide bonds. The molecule has 3 aromatic rings. The van der Waals surface area contributed by atoms with Crippen LogP contribution in [0.15, 0.2) is 48.8 Å². The lowest BCUT2D eigenvalue weighted by atomic mass is 10.0. The van der Waals surface area contributed by atoms with Gasteiger partial charge in [0.25, 0.3) is 10.3 Å². The van der Waals surface area contributed by atoms with E-state index in [-0.39, 0.29) is 17.0 Å². The zero-order valence-electron chi connectivity index (χ0n) is 14.4. The Morgan fingerprint density at radius 3 is 2.56 bits per heavy atom. The van der Waals surface area contributed by atoms with Crippen LogP contribution in [0.4, 0.5) is 0 Å². The van der Waals surface area contributed by atoms with Gasteiger partial charge in [-0.25, -0.2) is 9.13 Å². The average molecular weight is 442 g/mol. The SMILES string of the molecule is CCCCC[n+]1cn(CCc2cccc3ccccc23)c(Cl)c1Cl.[Br-]. The summed E-state index contributed by atoms with van der Waals surface area (Å²) in [6, 6.07) is 15.0. The fraction of sp³-hybridized carbons (Fsp3) is 0.350. The summed E-state index contributed by atoms with van der Waals surface area (Å²) in [6.07, 6.45) is 6.52. The van der Waals surface area contributed by atoms with Gasteiger partial charge in [0.05, 0.1) is 13.1 Å². The molecule has 134 valence electrons. The van der Waals surface area contributed by atoms with Gasteiger partial charge in [-0.05, 0) is 52.4 Å². The van der Waals surface area contributed by atoms with E-state index in [2.05, 4.69) is 58.5 Å². The molecule has 1 aromatic heterocycles. The smallest absolute Gasteiger partial charge is 0.255 e. The number of halogens is 3. The molecule has 0 saturated heterocycles. The Morgan fingerprint density at radius 1 is 1.00 bits per heavy atom.